The van der Waals surface area contributed by atoms with Crippen molar-refractivity contribution in [3.05, 3.63) is 106 Å². The molecule has 27 heavy (non-hydrogen) atoms. The molecule has 0 saturated carbocycles. The minimum Gasteiger partial charge on any atom is -0.341 e. The van der Waals surface area contributed by atoms with E-state index in [0.717, 1.165) is 29.5 Å². The second kappa shape index (κ2) is 7.79. The van der Waals surface area contributed by atoms with Gasteiger partial charge >= 0.3 is 0 Å². The topological polar surface area (TPSA) is 29.1 Å². The summed E-state index contributed by atoms with van der Waals surface area (Å²) < 4.78 is 0. The summed E-state index contributed by atoms with van der Waals surface area (Å²) in [5.74, 6) is -0.0134. The highest BCUT2D eigenvalue weighted by molar-refractivity contribution is 5.95. The molecule has 3 aromatic carbocycles. The summed E-state index contributed by atoms with van der Waals surface area (Å²) in [5, 5.41) is 3.27. The van der Waals surface area contributed by atoms with E-state index in [4.69, 9.17) is 0 Å². The third kappa shape index (κ3) is 3.80. The molecule has 3 aromatic rings. The van der Waals surface area contributed by atoms with E-state index in [1.54, 1.807) is 0 Å². The van der Waals surface area contributed by atoms with Crippen LogP contribution in [0.15, 0.2) is 72.8 Å². The fourth-order valence-electron chi connectivity index (χ4n) is 3.99. The monoisotopic (exact) mass is 355 g/mol. The molecule has 136 valence electrons. The number of benzene rings is 3. The summed E-state index contributed by atoms with van der Waals surface area (Å²) in [7, 11) is 0. The Bertz CT molecular complexity index is 946. The van der Waals surface area contributed by atoms with Crippen LogP contribution in [-0.4, -0.2) is 5.91 Å². The van der Waals surface area contributed by atoms with Crippen molar-refractivity contribution in [3.63, 3.8) is 0 Å². The number of hydrogen-bond donors (Lipinski definition) is 1. The molecular weight excluding hydrogens is 330 g/mol. The minimum atomic E-state index is -0.157. The summed E-state index contributed by atoms with van der Waals surface area (Å²) in [6, 6.07) is 24.5. The lowest BCUT2D eigenvalue weighted by molar-refractivity contribution is 0.0943. The van der Waals surface area contributed by atoms with E-state index >= 15 is 0 Å². The fourth-order valence-corrected chi connectivity index (χ4v) is 3.99. The van der Waals surface area contributed by atoms with Crippen molar-refractivity contribution in [1.29, 1.82) is 0 Å². The maximum absolute atomic E-state index is 13.1. The summed E-state index contributed by atoms with van der Waals surface area (Å²) in [5.41, 5.74) is 6.90. The van der Waals surface area contributed by atoms with Crippen LogP contribution < -0.4 is 5.32 Å². The highest BCUT2D eigenvalue weighted by Crippen LogP contribution is 2.26. The molecule has 0 bridgehead atoms. The van der Waals surface area contributed by atoms with Crippen LogP contribution in [0.2, 0.25) is 0 Å². The van der Waals surface area contributed by atoms with Crippen molar-refractivity contribution in [2.24, 2.45) is 0 Å². The average Bonchev–Trinajstić information content (AvgIpc) is 2.73. The first-order valence-corrected chi connectivity index (χ1v) is 9.75. The third-order valence-corrected chi connectivity index (χ3v) is 5.52. The van der Waals surface area contributed by atoms with Crippen LogP contribution in [0.1, 0.15) is 57.1 Å². The molecular formula is C25H25NO. The van der Waals surface area contributed by atoms with Gasteiger partial charge in [-0.25, -0.2) is 0 Å². The van der Waals surface area contributed by atoms with Crippen molar-refractivity contribution in [2.45, 2.75) is 38.6 Å². The zero-order valence-corrected chi connectivity index (χ0v) is 15.7. The van der Waals surface area contributed by atoms with Gasteiger partial charge in [-0.15, -0.1) is 0 Å². The molecule has 2 heteroatoms. The maximum atomic E-state index is 13.1. The standard InChI is InChI=1S/C25H25NO/c1-18-9-5-8-14-23(18)24(20-11-3-2-4-12-20)26-25(27)22-16-15-19-10-6-7-13-21(19)17-22/h2-5,8-9,11-12,14-17,24H,6-7,10,13H2,1H3,(H,26,27)/t24-/m1/s1. The zero-order valence-electron chi connectivity index (χ0n) is 15.7. The van der Waals surface area contributed by atoms with Crippen molar-refractivity contribution in [3.8, 4) is 0 Å². The Morgan fingerprint density at radius 2 is 1.56 bits per heavy atom. The smallest absolute Gasteiger partial charge is 0.252 e. The largest absolute Gasteiger partial charge is 0.341 e. The number of aryl methyl sites for hydroxylation is 3. The normalized spacial score (nSPS) is 14.3. The lowest BCUT2D eigenvalue weighted by atomic mass is 9.90. The van der Waals surface area contributed by atoms with Gasteiger partial charge in [0.25, 0.3) is 5.91 Å². The SMILES string of the molecule is Cc1ccccc1[C@H](NC(=O)c1ccc2c(c1)CCCC2)c1ccccc1. The molecule has 4 rings (SSSR count). The van der Waals surface area contributed by atoms with Crippen molar-refractivity contribution in [2.75, 3.05) is 0 Å². The quantitative estimate of drug-likeness (QED) is 0.667. The molecule has 1 N–H and O–H groups in total. The first-order chi connectivity index (χ1) is 13.2. The fraction of sp³-hybridized carbons (Fsp3) is 0.240. The number of hydrogen-bond acceptors (Lipinski definition) is 1. The molecule has 0 heterocycles. The highest BCUT2D eigenvalue weighted by Gasteiger charge is 2.20. The number of nitrogens with one attached hydrogen (secondary N) is 1. The van der Waals surface area contributed by atoms with Crippen LogP contribution in [0.4, 0.5) is 0 Å². The number of rotatable bonds is 4. The van der Waals surface area contributed by atoms with E-state index in [2.05, 4.69) is 48.6 Å². The Hall–Kier alpha value is -2.87. The number of fused-ring (bicyclic) bond motifs is 1. The van der Waals surface area contributed by atoms with Gasteiger partial charge < -0.3 is 5.32 Å². The van der Waals surface area contributed by atoms with Gasteiger partial charge in [0.05, 0.1) is 6.04 Å². The Balaban J connectivity index is 1.66. The van der Waals surface area contributed by atoms with Gasteiger partial charge in [-0.2, -0.15) is 0 Å². The minimum absolute atomic E-state index is 0.0134. The summed E-state index contributed by atoms with van der Waals surface area (Å²) in [4.78, 5) is 13.1. The maximum Gasteiger partial charge on any atom is 0.252 e. The molecule has 0 spiro atoms. The van der Waals surface area contributed by atoms with E-state index in [-0.39, 0.29) is 11.9 Å². The zero-order chi connectivity index (χ0) is 18.6. The van der Waals surface area contributed by atoms with Gasteiger partial charge in [-0.1, -0.05) is 60.7 Å². The lowest BCUT2D eigenvalue weighted by Crippen LogP contribution is -2.30. The lowest BCUT2D eigenvalue weighted by Gasteiger charge is -2.22. The molecule has 0 saturated heterocycles. The Kier molecular flexibility index (Phi) is 5.06. The Morgan fingerprint density at radius 3 is 2.33 bits per heavy atom. The first-order valence-electron chi connectivity index (χ1n) is 9.75. The van der Waals surface area contributed by atoms with Crippen LogP contribution in [0, 0.1) is 6.92 Å². The molecule has 0 radical (unpaired) electrons. The number of amides is 1. The molecule has 0 unspecified atom stereocenters. The predicted octanol–water partition coefficient (Wildman–Crippen LogP) is 5.39. The van der Waals surface area contributed by atoms with Gasteiger partial charge in [0, 0.05) is 5.56 Å². The van der Waals surface area contributed by atoms with E-state index in [9.17, 15) is 4.79 Å². The Labute approximate surface area is 161 Å². The van der Waals surface area contributed by atoms with E-state index in [1.165, 1.54) is 29.5 Å². The van der Waals surface area contributed by atoms with Crippen LogP contribution in [0.5, 0.6) is 0 Å². The van der Waals surface area contributed by atoms with Gasteiger partial charge in [-0.05, 0) is 72.6 Å². The molecule has 1 aliphatic rings. The number of carbonyl (C=O) groups excluding carboxylic acids is 1. The third-order valence-electron chi connectivity index (χ3n) is 5.52. The summed E-state index contributed by atoms with van der Waals surface area (Å²) >= 11 is 0. The molecule has 0 aromatic heterocycles. The van der Waals surface area contributed by atoms with Gasteiger partial charge in [0.1, 0.15) is 0 Å². The van der Waals surface area contributed by atoms with Crippen molar-refractivity contribution >= 4 is 5.91 Å². The predicted molar refractivity (Wildman–Crippen MR) is 110 cm³/mol. The van der Waals surface area contributed by atoms with E-state index in [1.807, 2.05) is 36.4 Å². The van der Waals surface area contributed by atoms with Gasteiger partial charge in [0.2, 0.25) is 0 Å². The molecule has 2 nitrogen and oxygen atoms in total. The molecule has 0 fully saturated rings. The second-order valence-electron chi connectivity index (χ2n) is 7.36. The van der Waals surface area contributed by atoms with E-state index in [0.29, 0.717) is 0 Å². The number of carbonyl (C=O) groups is 1. The Morgan fingerprint density at radius 1 is 0.852 bits per heavy atom. The summed E-state index contributed by atoms with van der Waals surface area (Å²) in [6.45, 7) is 2.09. The van der Waals surface area contributed by atoms with Crippen LogP contribution >= 0.6 is 0 Å². The molecule has 1 aliphatic carbocycles. The first kappa shape index (κ1) is 17.5. The van der Waals surface area contributed by atoms with Crippen molar-refractivity contribution < 1.29 is 4.79 Å². The van der Waals surface area contributed by atoms with Gasteiger partial charge in [-0.3, -0.25) is 4.79 Å². The average molecular weight is 355 g/mol. The van der Waals surface area contributed by atoms with Crippen LogP contribution in [-0.2, 0) is 12.8 Å². The molecule has 0 aliphatic heterocycles. The molecule has 1 amide bonds. The van der Waals surface area contributed by atoms with Crippen LogP contribution in [0.3, 0.4) is 0 Å². The van der Waals surface area contributed by atoms with E-state index < -0.39 is 0 Å². The van der Waals surface area contributed by atoms with Crippen LogP contribution in [0.25, 0.3) is 0 Å². The molecule has 1 atom stereocenters. The second-order valence-corrected chi connectivity index (χ2v) is 7.36. The summed E-state index contributed by atoms with van der Waals surface area (Å²) in [6.07, 6.45) is 4.68. The van der Waals surface area contributed by atoms with Crippen molar-refractivity contribution in [1.82, 2.24) is 5.32 Å². The van der Waals surface area contributed by atoms with Gasteiger partial charge in [0.15, 0.2) is 0 Å². The highest BCUT2D eigenvalue weighted by atomic mass is 16.1.